The highest BCUT2D eigenvalue weighted by Crippen LogP contribution is 2.03. The third-order valence-corrected chi connectivity index (χ3v) is 1.45. The maximum atomic E-state index is 10.5. The third kappa shape index (κ3) is 21.5. The van der Waals surface area contributed by atoms with Crippen LogP contribution in [0, 0.1) is 0 Å². The van der Waals surface area contributed by atoms with Gasteiger partial charge in [0, 0.05) is 33.5 Å². The Morgan fingerprint density at radius 2 is 1.32 bits per heavy atom. The van der Waals surface area contributed by atoms with Gasteiger partial charge in [0.1, 0.15) is 0 Å². The molecule has 0 aliphatic carbocycles. The molecule has 0 saturated carbocycles. The molecule has 0 unspecified atom stereocenters. The lowest BCUT2D eigenvalue weighted by atomic mass is 10.3. The predicted molar refractivity (Wildman–Crippen MR) is 75.4 cm³/mol. The molecule has 106 valence electrons. The van der Waals surface area contributed by atoms with Crippen LogP contribution in [0.4, 0.5) is 5.69 Å². The van der Waals surface area contributed by atoms with E-state index in [-0.39, 0.29) is 17.7 Å². The zero-order valence-electron chi connectivity index (χ0n) is 11.7. The Morgan fingerprint density at radius 1 is 0.947 bits per heavy atom. The normalized spacial score (nSPS) is 7.79. The fourth-order valence-corrected chi connectivity index (χ4v) is 0.725. The van der Waals surface area contributed by atoms with Gasteiger partial charge in [-0.15, -0.1) is 0 Å². The van der Waals surface area contributed by atoms with Crippen LogP contribution < -0.4 is 16.4 Å². The molecule has 1 rings (SSSR count). The summed E-state index contributed by atoms with van der Waals surface area (Å²) in [5.74, 6) is -0.365. The van der Waals surface area contributed by atoms with E-state index in [9.17, 15) is 14.4 Å². The van der Waals surface area contributed by atoms with Gasteiger partial charge in [0.15, 0.2) is 0 Å². The average molecular weight is 267 g/mol. The van der Waals surface area contributed by atoms with E-state index < -0.39 is 0 Å². The minimum Gasteiger partial charge on any atom is -0.370 e. The van der Waals surface area contributed by atoms with Crippen LogP contribution in [0.3, 0.4) is 0 Å². The van der Waals surface area contributed by atoms with E-state index in [2.05, 4.69) is 16.4 Å². The first-order valence-electron chi connectivity index (χ1n) is 5.56. The van der Waals surface area contributed by atoms with E-state index in [4.69, 9.17) is 0 Å². The summed E-state index contributed by atoms with van der Waals surface area (Å²) in [4.78, 5) is 29.4. The summed E-state index contributed by atoms with van der Waals surface area (Å²) >= 11 is 0. The Labute approximate surface area is 113 Å². The lowest BCUT2D eigenvalue weighted by molar-refractivity contribution is -0.118. The molecule has 0 spiro atoms. The fraction of sp³-hybridized carbons (Fsp3) is 0.308. The SMILES string of the molecule is CC(=O)Nc1ccccc1.CC(N)=O.CNC(C)=O. The second-order valence-electron chi connectivity index (χ2n) is 3.46. The van der Waals surface area contributed by atoms with Crippen LogP contribution >= 0.6 is 0 Å². The molecule has 6 heteroatoms. The number of primary amides is 1. The van der Waals surface area contributed by atoms with E-state index in [0.29, 0.717) is 0 Å². The molecule has 0 radical (unpaired) electrons. The molecular weight excluding hydrogens is 246 g/mol. The summed E-state index contributed by atoms with van der Waals surface area (Å²) in [7, 11) is 1.60. The fourth-order valence-electron chi connectivity index (χ4n) is 0.725. The first-order valence-corrected chi connectivity index (χ1v) is 5.56. The number of carbonyl (C=O) groups excluding carboxylic acids is 3. The molecule has 0 atom stereocenters. The number of hydrogen-bond donors (Lipinski definition) is 3. The molecule has 0 saturated heterocycles. The summed E-state index contributed by atoms with van der Waals surface area (Å²) in [6, 6.07) is 9.37. The number of hydrogen-bond acceptors (Lipinski definition) is 3. The van der Waals surface area contributed by atoms with Gasteiger partial charge in [-0.3, -0.25) is 14.4 Å². The molecular formula is C13H21N3O3. The van der Waals surface area contributed by atoms with E-state index in [1.807, 2.05) is 30.3 Å². The van der Waals surface area contributed by atoms with Crippen LogP contribution in [0.2, 0.25) is 0 Å². The van der Waals surface area contributed by atoms with E-state index in [1.54, 1.807) is 7.05 Å². The Balaban J connectivity index is 0. The first kappa shape index (κ1) is 19.0. The molecule has 6 nitrogen and oxygen atoms in total. The molecule has 3 amide bonds. The van der Waals surface area contributed by atoms with Crippen LogP contribution in [0.1, 0.15) is 20.8 Å². The summed E-state index contributed by atoms with van der Waals surface area (Å²) < 4.78 is 0. The van der Waals surface area contributed by atoms with Crippen LogP contribution in [0.5, 0.6) is 0 Å². The first-order chi connectivity index (χ1) is 8.79. The second-order valence-corrected chi connectivity index (χ2v) is 3.46. The molecule has 1 aromatic rings. The average Bonchev–Trinajstić information content (AvgIpc) is 2.29. The third-order valence-electron chi connectivity index (χ3n) is 1.45. The van der Waals surface area contributed by atoms with Crippen LogP contribution in [0.25, 0.3) is 0 Å². The highest BCUT2D eigenvalue weighted by Gasteiger charge is 1.90. The number of rotatable bonds is 1. The van der Waals surface area contributed by atoms with Gasteiger partial charge >= 0.3 is 0 Å². The molecule has 19 heavy (non-hydrogen) atoms. The Morgan fingerprint density at radius 3 is 1.58 bits per heavy atom. The van der Waals surface area contributed by atoms with Crippen molar-refractivity contribution in [1.29, 1.82) is 0 Å². The zero-order chi connectivity index (χ0) is 15.3. The number of carbonyl (C=O) groups is 3. The summed E-state index contributed by atoms with van der Waals surface area (Å²) in [6.45, 7) is 4.27. The largest absolute Gasteiger partial charge is 0.370 e. The maximum Gasteiger partial charge on any atom is 0.221 e. The quantitative estimate of drug-likeness (QED) is 0.704. The summed E-state index contributed by atoms with van der Waals surface area (Å²) in [5, 5.41) is 5.05. The number of anilines is 1. The highest BCUT2D eigenvalue weighted by atomic mass is 16.2. The molecule has 4 N–H and O–H groups in total. The van der Waals surface area contributed by atoms with Crippen molar-refractivity contribution >= 4 is 23.4 Å². The number of nitrogens with one attached hydrogen (secondary N) is 2. The molecule has 0 aliphatic heterocycles. The Bertz CT molecular complexity index is 387. The summed E-state index contributed by atoms with van der Waals surface area (Å²) in [6.07, 6.45) is 0. The van der Waals surface area contributed by atoms with Crippen LogP contribution in [0.15, 0.2) is 30.3 Å². The van der Waals surface area contributed by atoms with Crippen LogP contribution in [-0.4, -0.2) is 24.8 Å². The van der Waals surface area contributed by atoms with Crippen LogP contribution in [-0.2, 0) is 14.4 Å². The van der Waals surface area contributed by atoms with Gasteiger partial charge in [0.25, 0.3) is 0 Å². The van der Waals surface area contributed by atoms with Gasteiger partial charge in [0.2, 0.25) is 17.7 Å². The van der Waals surface area contributed by atoms with Gasteiger partial charge in [0.05, 0.1) is 0 Å². The van der Waals surface area contributed by atoms with Crippen molar-refractivity contribution in [3.05, 3.63) is 30.3 Å². The maximum absolute atomic E-state index is 10.5. The number of para-hydroxylation sites is 1. The molecule has 0 aliphatic rings. The highest BCUT2D eigenvalue weighted by molar-refractivity contribution is 5.88. The van der Waals surface area contributed by atoms with Gasteiger partial charge in [-0.1, -0.05) is 18.2 Å². The van der Waals surface area contributed by atoms with Gasteiger partial charge in [-0.2, -0.15) is 0 Å². The van der Waals surface area contributed by atoms with Crippen molar-refractivity contribution in [2.45, 2.75) is 20.8 Å². The monoisotopic (exact) mass is 267 g/mol. The van der Waals surface area contributed by atoms with Gasteiger partial charge in [-0.25, -0.2) is 0 Å². The number of benzene rings is 1. The van der Waals surface area contributed by atoms with Crippen molar-refractivity contribution in [1.82, 2.24) is 5.32 Å². The topological polar surface area (TPSA) is 101 Å². The van der Waals surface area contributed by atoms with Gasteiger partial charge < -0.3 is 16.4 Å². The lowest BCUT2D eigenvalue weighted by Crippen LogP contribution is -2.11. The standard InChI is InChI=1S/C8H9NO.C3H7NO.C2H5NO/c1-7(10)9-8-5-3-2-4-6-8;1-3(5)4-2;1-2(3)4/h2-6H,1H3,(H,9,10);1-2H3,(H,4,5);1H3,(H2,3,4). The predicted octanol–water partition coefficient (Wildman–Crippen LogP) is 0.889. The molecule has 0 bridgehead atoms. The van der Waals surface area contributed by atoms with Crippen molar-refractivity contribution in [3.63, 3.8) is 0 Å². The molecule has 1 aromatic carbocycles. The molecule has 0 aromatic heterocycles. The van der Waals surface area contributed by atoms with Crippen molar-refractivity contribution in [2.24, 2.45) is 5.73 Å². The molecule has 0 fully saturated rings. The zero-order valence-corrected chi connectivity index (χ0v) is 11.7. The smallest absolute Gasteiger partial charge is 0.221 e. The van der Waals surface area contributed by atoms with Crippen molar-refractivity contribution < 1.29 is 14.4 Å². The van der Waals surface area contributed by atoms with E-state index >= 15 is 0 Å². The Kier molecular flexibility index (Phi) is 12.1. The number of amides is 3. The van der Waals surface area contributed by atoms with Gasteiger partial charge in [-0.05, 0) is 12.1 Å². The molecule has 0 heterocycles. The number of nitrogens with two attached hydrogens (primary N) is 1. The second kappa shape index (κ2) is 12.1. The minimum absolute atomic E-state index is 0.00463. The van der Waals surface area contributed by atoms with E-state index in [1.165, 1.54) is 20.8 Å². The van der Waals surface area contributed by atoms with E-state index in [0.717, 1.165) is 5.69 Å². The minimum atomic E-state index is -0.333. The Hall–Kier alpha value is -2.37. The van der Waals surface area contributed by atoms with Crippen molar-refractivity contribution in [3.8, 4) is 0 Å². The lowest BCUT2D eigenvalue weighted by Gasteiger charge is -1.98. The summed E-state index contributed by atoms with van der Waals surface area (Å²) in [5.41, 5.74) is 5.31. The van der Waals surface area contributed by atoms with Crippen molar-refractivity contribution in [2.75, 3.05) is 12.4 Å².